The zero-order valence-electron chi connectivity index (χ0n) is 16.7. The van der Waals surface area contributed by atoms with Crippen LogP contribution in [0.2, 0.25) is 0 Å². The standard InChI is InChI=1S/C22H18N2O6S/c1-12-17(22(27)28-2)21(31-18(12)20(26)23-14-6-4-3-5-7-14)24-19(25)13-8-9-15-16(10-13)30-11-29-15/h3-10H,11H2,1-2H3,(H,23,26)(H,24,25). The molecule has 2 aromatic carbocycles. The minimum atomic E-state index is -0.645. The Morgan fingerprint density at radius 2 is 1.71 bits per heavy atom. The topological polar surface area (TPSA) is 103 Å². The van der Waals surface area contributed by atoms with E-state index in [0.717, 1.165) is 11.3 Å². The molecule has 1 aliphatic heterocycles. The molecule has 3 aromatic rings. The molecule has 0 radical (unpaired) electrons. The molecule has 2 heterocycles. The second-order valence-corrected chi connectivity index (χ2v) is 7.61. The first-order chi connectivity index (χ1) is 15.0. The summed E-state index contributed by atoms with van der Waals surface area (Å²) in [5.74, 6) is -0.472. The van der Waals surface area contributed by atoms with Crippen molar-refractivity contribution in [1.82, 2.24) is 0 Å². The number of carbonyl (C=O) groups excluding carboxylic acids is 3. The average Bonchev–Trinajstić information content (AvgIpc) is 3.37. The molecule has 0 aliphatic carbocycles. The third kappa shape index (κ3) is 4.08. The van der Waals surface area contributed by atoms with Crippen LogP contribution in [0.25, 0.3) is 0 Å². The number of ether oxygens (including phenoxy) is 3. The molecule has 8 nitrogen and oxygen atoms in total. The number of esters is 1. The minimum Gasteiger partial charge on any atom is -0.465 e. The monoisotopic (exact) mass is 438 g/mol. The van der Waals surface area contributed by atoms with E-state index < -0.39 is 11.9 Å². The zero-order valence-corrected chi connectivity index (χ0v) is 17.5. The Bertz CT molecular complexity index is 1170. The van der Waals surface area contributed by atoms with Gasteiger partial charge in [-0.15, -0.1) is 11.3 Å². The van der Waals surface area contributed by atoms with E-state index >= 15 is 0 Å². The molecule has 2 amide bonds. The second kappa shape index (κ2) is 8.49. The first-order valence-electron chi connectivity index (χ1n) is 9.27. The lowest BCUT2D eigenvalue weighted by atomic mass is 10.1. The first-order valence-corrected chi connectivity index (χ1v) is 10.1. The van der Waals surface area contributed by atoms with Gasteiger partial charge in [0.2, 0.25) is 6.79 Å². The molecule has 1 aromatic heterocycles. The number of anilines is 2. The predicted molar refractivity (Wildman–Crippen MR) is 115 cm³/mol. The molecule has 4 rings (SSSR count). The average molecular weight is 438 g/mol. The Kier molecular flexibility index (Phi) is 5.59. The van der Waals surface area contributed by atoms with E-state index in [9.17, 15) is 14.4 Å². The minimum absolute atomic E-state index is 0.0941. The van der Waals surface area contributed by atoms with Crippen molar-refractivity contribution in [2.75, 3.05) is 24.5 Å². The highest BCUT2D eigenvalue weighted by atomic mass is 32.1. The summed E-state index contributed by atoms with van der Waals surface area (Å²) in [6, 6.07) is 13.7. The number of benzene rings is 2. The van der Waals surface area contributed by atoms with Gasteiger partial charge in [-0.1, -0.05) is 18.2 Å². The van der Waals surface area contributed by atoms with Crippen molar-refractivity contribution < 1.29 is 28.6 Å². The fourth-order valence-electron chi connectivity index (χ4n) is 3.09. The van der Waals surface area contributed by atoms with Crippen LogP contribution in [0.15, 0.2) is 48.5 Å². The molecule has 0 saturated heterocycles. The van der Waals surface area contributed by atoms with Gasteiger partial charge in [-0.2, -0.15) is 0 Å². The Morgan fingerprint density at radius 3 is 2.45 bits per heavy atom. The van der Waals surface area contributed by atoms with E-state index in [1.165, 1.54) is 7.11 Å². The molecule has 0 unspecified atom stereocenters. The van der Waals surface area contributed by atoms with Gasteiger partial charge in [0, 0.05) is 11.3 Å². The second-order valence-electron chi connectivity index (χ2n) is 6.59. The maximum Gasteiger partial charge on any atom is 0.341 e. The van der Waals surface area contributed by atoms with Gasteiger partial charge in [0.15, 0.2) is 11.5 Å². The normalized spacial score (nSPS) is 11.7. The Morgan fingerprint density at radius 1 is 0.968 bits per heavy atom. The van der Waals surface area contributed by atoms with Crippen LogP contribution in [0.4, 0.5) is 10.7 Å². The Balaban J connectivity index is 1.63. The van der Waals surface area contributed by atoms with Crippen molar-refractivity contribution in [3.8, 4) is 11.5 Å². The summed E-state index contributed by atoms with van der Waals surface area (Å²) in [7, 11) is 1.24. The number of para-hydroxylation sites is 1. The smallest absolute Gasteiger partial charge is 0.341 e. The summed E-state index contributed by atoms with van der Waals surface area (Å²) in [6.45, 7) is 1.73. The van der Waals surface area contributed by atoms with Gasteiger partial charge in [0.25, 0.3) is 11.8 Å². The summed E-state index contributed by atoms with van der Waals surface area (Å²) < 4.78 is 15.4. The number of hydrogen-bond donors (Lipinski definition) is 2. The highest BCUT2D eigenvalue weighted by Gasteiger charge is 2.27. The molecule has 1 aliphatic rings. The summed E-state index contributed by atoms with van der Waals surface area (Å²) in [4.78, 5) is 38.3. The van der Waals surface area contributed by atoms with Crippen LogP contribution in [-0.4, -0.2) is 31.7 Å². The highest BCUT2D eigenvalue weighted by molar-refractivity contribution is 7.19. The van der Waals surface area contributed by atoms with E-state index in [4.69, 9.17) is 14.2 Å². The van der Waals surface area contributed by atoms with Crippen molar-refractivity contribution in [2.45, 2.75) is 6.92 Å². The maximum atomic E-state index is 12.8. The molecule has 0 saturated carbocycles. The number of hydrogen-bond acceptors (Lipinski definition) is 7. The third-order valence-corrected chi connectivity index (χ3v) is 5.84. The molecule has 158 valence electrons. The number of nitrogens with one attached hydrogen (secondary N) is 2. The lowest BCUT2D eigenvalue weighted by Gasteiger charge is -2.07. The third-order valence-electron chi connectivity index (χ3n) is 4.64. The highest BCUT2D eigenvalue weighted by Crippen LogP contribution is 2.36. The summed E-state index contributed by atoms with van der Waals surface area (Å²) in [6.07, 6.45) is 0. The molecule has 9 heteroatoms. The lowest BCUT2D eigenvalue weighted by Crippen LogP contribution is -2.14. The predicted octanol–water partition coefficient (Wildman–Crippen LogP) is 4.08. The van der Waals surface area contributed by atoms with Crippen LogP contribution in [-0.2, 0) is 4.74 Å². The van der Waals surface area contributed by atoms with Gasteiger partial charge in [-0.25, -0.2) is 4.79 Å². The summed E-state index contributed by atoms with van der Waals surface area (Å²) >= 11 is 1.00. The van der Waals surface area contributed by atoms with Gasteiger partial charge in [0.1, 0.15) is 5.00 Å². The van der Waals surface area contributed by atoms with Gasteiger partial charge in [-0.05, 0) is 42.8 Å². The number of amides is 2. The largest absolute Gasteiger partial charge is 0.465 e. The van der Waals surface area contributed by atoms with E-state index in [1.54, 1.807) is 49.4 Å². The molecule has 0 spiro atoms. The van der Waals surface area contributed by atoms with E-state index in [2.05, 4.69) is 10.6 Å². The van der Waals surface area contributed by atoms with Gasteiger partial charge in [0.05, 0.1) is 17.6 Å². The van der Waals surface area contributed by atoms with Crippen LogP contribution in [0.3, 0.4) is 0 Å². The summed E-state index contributed by atoms with van der Waals surface area (Å²) in [5.41, 5.74) is 1.50. The fraction of sp³-hybridized carbons (Fsp3) is 0.136. The van der Waals surface area contributed by atoms with E-state index in [0.29, 0.717) is 33.2 Å². The number of methoxy groups -OCH3 is 1. The molecule has 0 atom stereocenters. The van der Waals surface area contributed by atoms with E-state index in [-0.39, 0.29) is 23.3 Å². The van der Waals surface area contributed by atoms with Crippen molar-refractivity contribution in [3.63, 3.8) is 0 Å². The van der Waals surface area contributed by atoms with Crippen molar-refractivity contribution in [3.05, 3.63) is 70.1 Å². The van der Waals surface area contributed by atoms with Gasteiger partial charge < -0.3 is 24.8 Å². The molecule has 0 fully saturated rings. The van der Waals surface area contributed by atoms with Gasteiger partial charge >= 0.3 is 5.97 Å². The van der Waals surface area contributed by atoms with Crippen LogP contribution in [0.5, 0.6) is 11.5 Å². The van der Waals surface area contributed by atoms with Crippen molar-refractivity contribution >= 4 is 39.8 Å². The Labute approximate surface area is 181 Å². The number of fused-ring (bicyclic) bond motifs is 1. The lowest BCUT2D eigenvalue weighted by molar-refractivity contribution is 0.0601. The molecular formula is C22H18N2O6S. The molecule has 0 bridgehead atoms. The first kappa shape index (κ1) is 20.4. The fourth-order valence-corrected chi connectivity index (χ4v) is 4.17. The molecular weight excluding hydrogens is 420 g/mol. The van der Waals surface area contributed by atoms with Gasteiger partial charge in [-0.3, -0.25) is 9.59 Å². The van der Waals surface area contributed by atoms with Crippen LogP contribution in [0.1, 0.15) is 36.0 Å². The SMILES string of the molecule is COC(=O)c1c(NC(=O)c2ccc3c(c2)OCO3)sc(C(=O)Nc2ccccc2)c1C. The maximum absolute atomic E-state index is 12.8. The summed E-state index contributed by atoms with van der Waals surface area (Å²) in [5, 5.41) is 5.73. The van der Waals surface area contributed by atoms with Crippen molar-refractivity contribution in [2.24, 2.45) is 0 Å². The molecule has 2 N–H and O–H groups in total. The number of carbonyl (C=O) groups is 3. The van der Waals surface area contributed by atoms with E-state index in [1.807, 2.05) is 6.07 Å². The quantitative estimate of drug-likeness (QED) is 0.582. The molecule has 31 heavy (non-hydrogen) atoms. The zero-order chi connectivity index (χ0) is 22.0. The van der Waals surface area contributed by atoms with Crippen LogP contribution >= 0.6 is 11.3 Å². The number of rotatable bonds is 5. The Hall–Kier alpha value is -3.85. The van der Waals surface area contributed by atoms with Crippen LogP contribution < -0.4 is 20.1 Å². The number of thiophene rings is 1. The van der Waals surface area contributed by atoms with Crippen molar-refractivity contribution in [1.29, 1.82) is 0 Å². The van der Waals surface area contributed by atoms with Crippen LogP contribution in [0, 0.1) is 6.92 Å².